The molecule has 0 saturated carbocycles. The molecule has 0 aromatic heterocycles. The van der Waals surface area contributed by atoms with Gasteiger partial charge in [0.2, 0.25) is 0 Å². The van der Waals surface area contributed by atoms with E-state index in [1.165, 1.54) is 37.4 Å². The summed E-state index contributed by atoms with van der Waals surface area (Å²) >= 11 is 11.1. The van der Waals surface area contributed by atoms with Crippen molar-refractivity contribution in [2.24, 2.45) is 0 Å². The Morgan fingerprint density at radius 3 is 1.87 bits per heavy atom. The fourth-order valence-electron chi connectivity index (χ4n) is 1.38. The zero-order valence-corrected chi connectivity index (χ0v) is 13.1. The van der Waals surface area contributed by atoms with E-state index in [1.807, 2.05) is 0 Å². The standard InChI is InChI=1S/C7H6ClNO3.C6H4ClNO3/c1-12-7-4-5(9(10)11)2-3-6(7)8;7-5-2-1-4(8(10)11)3-6(5)9/h2-4H,1H3;1-3,9H. The molecule has 0 atom stereocenters. The van der Waals surface area contributed by atoms with Gasteiger partial charge >= 0.3 is 0 Å². The Morgan fingerprint density at radius 2 is 1.43 bits per heavy atom. The van der Waals surface area contributed by atoms with E-state index in [2.05, 4.69) is 0 Å². The number of rotatable bonds is 3. The third-order valence-corrected chi connectivity index (χ3v) is 3.12. The molecule has 0 heterocycles. The minimum atomic E-state index is -0.601. The highest BCUT2D eigenvalue weighted by Crippen LogP contribution is 2.28. The number of methoxy groups -OCH3 is 1. The Kier molecular flexibility index (Phi) is 6.55. The van der Waals surface area contributed by atoms with Crippen LogP contribution in [-0.4, -0.2) is 22.1 Å². The number of nitro benzene ring substituents is 2. The van der Waals surface area contributed by atoms with E-state index < -0.39 is 9.85 Å². The fourth-order valence-corrected chi connectivity index (χ4v) is 1.69. The minimum Gasteiger partial charge on any atom is -0.506 e. The first-order chi connectivity index (χ1) is 10.8. The third kappa shape index (κ3) is 5.28. The Bertz CT molecular complexity index is 738. The van der Waals surface area contributed by atoms with Crippen molar-refractivity contribution in [3.05, 3.63) is 66.7 Å². The van der Waals surface area contributed by atoms with Gasteiger partial charge in [-0.3, -0.25) is 20.2 Å². The number of nitro groups is 2. The van der Waals surface area contributed by atoms with Crippen LogP contribution in [0.5, 0.6) is 11.5 Å². The molecule has 1 N–H and O–H groups in total. The number of phenolic OH excluding ortho intramolecular Hbond substituents is 1. The minimum absolute atomic E-state index is 0.0312. The maximum absolute atomic E-state index is 10.3. The molecule has 2 rings (SSSR count). The predicted octanol–water partition coefficient (Wildman–Crippen LogP) is 4.21. The van der Waals surface area contributed by atoms with Crippen LogP contribution in [0.15, 0.2) is 36.4 Å². The first kappa shape index (κ1) is 18.5. The van der Waals surface area contributed by atoms with Crippen molar-refractivity contribution in [2.75, 3.05) is 7.11 Å². The summed E-state index contributed by atoms with van der Waals surface area (Å²) < 4.78 is 4.80. The van der Waals surface area contributed by atoms with E-state index in [0.717, 1.165) is 6.07 Å². The lowest BCUT2D eigenvalue weighted by Gasteiger charge is -2.00. The van der Waals surface area contributed by atoms with Crippen LogP contribution in [0.3, 0.4) is 0 Å². The number of aromatic hydroxyl groups is 1. The van der Waals surface area contributed by atoms with E-state index in [1.54, 1.807) is 0 Å². The topological polar surface area (TPSA) is 116 Å². The molecule has 0 spiro atoms. The van der Waals surface area contributed by atoms with Crippen molar-refractivity contribution in [2.45, 2.75) is 0 Å². The van der Waals surface area contributed by atoms with Gasteiger partial charge in [0.15, 0.2) is 0 Å². The summed E-state index contributed by atoms with van der Waals surface area (Å²) in [6.07, 6.45) is 0. The number of hydrogen-bond acceptors (Lipinski definition) is 6. The second kappa shape index (κ2) is 8.16. The van der Waals surface area contributed by atoms with Crippen LogP contribution in [0.2, 0.25) is 10.0 Å². The zero-order chi connectivity index (χ0) is 17.6. The van der Waals surface area contributed by atoms with Crippen molar-refractivity contribution in [1.82, 2.24) is 0 Å². The van der Waals surface area contributed by atoms with Crippen LogP contribution in [0.25, 0.3) is 0 Å². The highest BCUT2D eigenvalue weighted by Gasteiger charge is 2.09. The lowest BCUT2D eigenvalue weighted by Crippen LogP contribution is -1.89. The molecule has 0 aliphatic heterocycles. The zero-order valence-electron chi connectivity index (χ0n) is 11.6. The number of hydrogen-bond donors (Lipinski definition) is 1. The van der Waals surface area contributed by atoms with Gasteiger partial charge in [-0.05, 0) is 12.1 Å². The van der Waals surface area contributed by atoms with Crippen LogP contribution >= 0.6 is 23.2 Å². The summed E-state index contributed by atoms with van der Waals surface area (Å²) in [5.74, 6) is 0.0340. The SMILES string of the molecule is COc1cc([N+](=O)[O-])ccc1Cl.O=[N+]([O-])c1ccc(Cl)c(O)c1. The number of non-ortho nitro benzene ring substituents is 2. The lowest BCUT2D eigenvalue weighted by molar-refractivity contribution is -0.385. The van der Waals surface area contributed by atoms with Crippen molar-refractivity contribution >= 4 is 34.6 Å². The van der Waals surface area contributed by atoms with Gasteiger partial charge in [-0.15, -0.1) is 0 Å². The Hall–Kier alpha value is -2.58. The first-order valence-electron chi connectivity index (χ1n) is 5.87. The molecule has 0 fully saturated rings. The quantitative estimate of drug-likeness (QED) is 0.647. The van der Waals surface area contributed by atoms with E-state index in [9.17, 15) is 20.2 Å². The summed E-state index contributed by atoms with van der Waals surface area (Å²) in [5.41, 5.74) is -0.205. The molecular weight excluding hydrogens is 351 g/mol. The second-order valence-electron chi connectivity index (χ2n) is 3.97. The van der Waals surface area contributed by atoms with Gasteiger partial charge in [0.05, 0.1) is 39.1 Å². The highest BCUT2D eigenvalue weighted by molar-refractivity contribution is 6.32. The monoisotopic (exact) mass is 360 g/mol. The Labute approximate surface area is 140 Å². The van der Waals surface area contributed by atoms with Crippen molar-refractivity contribution in [3.8, 4) is 11.5 Å². The number of nitrogens with zero attached hydrogens (tertiary/aromatic N) is 2. The number of phenols is 1. The van der Waals surface area contributed by atoms with Gasteiger partial charge in [0.1, 0.15) is 11.5 Å². The summed E-state index contributed by atoms with van der Waals surface area (Å²) in [4.78, 5) is 19.3. The molecule has 122 valence electrons. The maximum Gasteiger partial charge on any atom is 0.273 e. The van der Waals surface area contributed by atoms with Gasteiger partial charge in [-0.2, -0.15) is 0 Å². The molecule has 0 amide bonds. The van der Waals surface area contributed by atoms with E-state index in [0.29, 0.717) is 10.8 Å². The molecule has 0 saturated heterocycles. The van der Waals surface area contributed by atoms with Crippen LogP contribution in [-0.2, 0) is 0 Å². The van der Waals surface area contributed by atoms with Crippen LogP contribution in [0.4, 0.5) is 11.4 Å². The average molecular weight is 361 g/mol. The summed E-state index contributed by atoms with van der Waals surface area (Å²) in [5, 5.41) is 29.8. The molecule has 10 heteroatoms. The number of halogens is 2. The summed E-state index contributed by atoms with van der Waals surface area (Å²) in [6.45, 7) is 0. The normalized spacial score (nSPS) is 9.52. The largest absolute Gasteiger partial charge is 0.506 e. The van der Waals surface area contributed by atoms with Crippen molar-refractivity contribution in [3.63, 3.8) is 0 Å². The Morgan fingerprint density at radius 1 is 0.957 bits per heavy atom. The number of ether oxygens (including phenoxy) is 1. The molecule has 2 aromatic rings. The van der Waals surface area contributed by atoms with Crippen LogP contribution in [0.1, 0.15) is 0 Å². The van der Waals surface area contributed by atoms with E-state index in [-0.39, 0.29) is 22.1 Å². The van der Waals surface area contributed by atoms with Crippen molar-refractivity contribution < 1.29 is 19.7 Å². The van der Waals surface area contributed by atoms with Gasteiger partial charge < -0.3 is 9.84 Å². The molecule has 23 heavy (non-hydrogen) atoms. The summed E-state index contributed by atoms with van der Waals surface area (Å²) in [6, 6.07) is 7.53. The molecule has 8 nitrogen and oxygen atoms in total. The molecule has 0 radical (unpaired) electrons. The maximum atomic E-state index is 10.3. The van der Waals surface area contributed by atoms with Crippen LogP contribution < -0.4 is 4.74 Å². The van der Waals surface area contributed by atoms with Gasteiger partial charge in [0.25, 0.3) is 11.4 Å². The lowest BCUT2D eigenvalue weighted by atomic mass is 10.3. The van der Waals surface area contributed by atoms with Crippen LogP contribution in [0, 0.1) is 20.2 Å². The first-order valence-corrected chi connectivity index (χ1v) is 6.62. The number of benzene rings is 2. The molecule has 0 bridgehead atoms. The second-order valence-corrected chi connectivity index (χ2v) is 4.78. The van der Waals surface area contributed by atoms with Crippen molar-refractivity contribution in [1.29, 1.82) is 0 Å². The highest BCUT2D eigenvalue weighted by atomic mass is 35.5. The van der Waals surface area contributed by atoms with E-state index in [4.69, 9.17) is 33.0 Å². The summed E-state index contributed by atoms with van der Waals surface area (Å²) in [7, 11) is 1.41. The predicted molar refractivity (Wildman–Crippen MR) is 84.4 cm³/mol. The average Bonchev–Trinajstić information content (AvgIpc) is 2.50. The fraction of sp³-hybridized carbons (Fsp3) is 0.0769. The molecular formula is C13H10Cl2N2O6. The van der Waals surface area contributed by atoms with Gasteiger partial charge in [-0.25, -0.2) is 0 Å². The molecule has 2 aromatic carbocycles. The molecule has 0 aliphatic rings. The van der Waals surface area contributed by atoms with Gasteiger partial charge in [-0.1, -0.05) is 23.2 Å². The Balaban J connectivity index is 0.000000231. The van der Waals surface area contributed by atoms with E-state index >= 15 is 0 Å². The third-order valence-electron chi connectivity index (χ3n) is 2.49. The molecule has 0 aliphatic carbocycles. The molecule has 0 unspecified atom stereocenters. The van der Waals surface area contributed by atoms with Gasteiger partial charge in [0, 0.05) is 12.1 Å². The smallest absolute Gasteiger partial charge is 0.273 e.